The molecule has 4 aromatic rings. The highest BCUT2D eigenvalue weighted by Gasteiger charge is 2.25. The Bertz CT molecular complexity index is 1410. The van der Waals surface area contributed by atoms with E-state index in [1.165, 1.54) is 0 Å². The van der Waals surface area contributed by atoms with Gasteiger partial charge in [0.15, 0.2) is 5.13 Å². The van der Waals surface area contributed by atoms with E-state index in [4.69, 9.17) is 14.5 Å². The molecule has 3 heterocycles. The van der Waals surface area contributed by atoms with Crippen LogP contribution < -0.4 is 14.9 Å². The largest absolute Gasteiger partial charge is 0.491 e. The molecule has 1 aromatic carbocycles. The summed E-state index contributed by atoms with van der Waals surface area (Å²) in [6.07, 6.45) is 2.54. The van der Waals surface area contributed by atoms with E-state index in [2.05, 4.69) is 41.1 Å². The van der Waals surface area contributed by atoms with Crippen LogP contribution in [0, 0.1) is 5.41 Å². The van der Waals surface area contributed by atoms with Gasteiger partial charge >= 0.3 is 5.97 Å². The van der Waals surface area contributed by atoms with Crippen molar-refractivity contribution < 1.29 is 19.4 Å². The number of aromatic carboxylic acids is 1. The number of hydrogen-bond donors (Lipinski definition) is 1. The molecule has 0 fully saturated rings. The summed E-state index contributed by atoms with van der Waals surface area (Å²) in [5.41, 5.74) is 2.81. The minimum absolute atomic E-state index is 0.0386. The normalized spacial score (nSPS) is 11.5. The Labute approximate surface area is 233 Å². The predicted octanol–water partition coefficient (Wildman–Crippen LogP) is 6.51. The fourth-order valence-electron chi connectivity index (χ4n) is 3.92. The number of anilines is 2. The number of rotatable bonds is 10. The highest BCUT2D eigenvalue weighted by Crippen LogP contribution is 2.40. The second-order valence-corrected chi connectivity index (χ2v) is 12.7. The number of thiophene rings is 1. The van der Waals surface area contributed by atoms with E-state index in [9.17, 15) is 9.90 Å². The van der Waals surface area contributed by atoms with Gasteiger partial charge in [0.2, 0.25) is 0 Å². The van der Waals surface area contributed by atoms with Crippen molar-refractivity contribution in [2.75, 3.05) is 32.3 Å². The lowest BCUT2D eigenvalue weighted by atomic mass is 9.90. The highest BCUT2D eigenvalue weighted by atomic mass is 32.1. The summed E-state index contributed by atoms with van der Waals surface area (Å²) < 4.78 is 10.9. The predicted molar refractivity (Wildman–Crippen MR) is 160 cm³/mol. The summed E-state index contributed by atoms with van der Waals surface area (Å²) >= 11 is 3.11. The molecule has 38 heavy (non-hydrogen) atoms. The van der Waals surface area contributed by atoms with E-state index in [0.29, 0.717) is 24.2 Å². The Morgan fingerprint density at radius 3 is 2.58 bits per heavy atom. The number of carboxylic acids is 1. The third-order valence-electron chi connectivity index (χ3n) is 5.71. The molecular weight excluding hydrogens is 537 g/mol. The number of ether oxygens (including phenoxy) is 2. The van der Waals surface area contributed by atoms with Crippen LogP contribution in [0.4, 0.5) is 10.9 Å². The van der Waals surface area contributed by atoms with E-state index < -0.39 is 5.97 Å². The van der Waals surface area contributed by atoms with Crippen molar-refractivity contribution >= 4 is 54.1 Å². The molecule has 3 aromatic heterocycles. The van der Waals surface area contributed by atoms with Crippen molar-refractivity contribution in [3.8, 4) is 27.4 Å². The van der Waals surface area contributed by atoms with E-state index >= 15 is 0 Å². The molecule has 0 aliphatic carbocycles. The van der Waals surface area contributed by atoms with Crippen LogP contribution in [-0.4, -0.2) is 48.4 Å². The Kier molecular flexibility index (Phi) is 8.83. The molecule has 0 bridgehead atoms. The molecule has 0 aliphatic heterocycles. The smallest absolute Gasteiger partial charge is 0.339 e. The zero-order valence-corrected chi connectivity index (χ0v) is 24.9. The van der Waals surface area contributed by atoms with Crippen LogP contribution in [0.5, 0.6) is 5.75 Å². The Morgan fingerprint density at radius 2 is 1.95 bits per heavy atom. The molecule has 1 atom stereocenters. The molecule has 1 unspecified atom stereocenters. The Balaban J connectivity index is 1.73. The topological polar surface area (TPSA) is 84.8 Å². The molecule has 10 heteroatoms. The number of carbonyl (C=O) groups is 1. The molecular formula is C28H32N3O4PS2. The van der Waals surface area contributed by atoms with Crippen molar-refractivity contribution in [1.29, 1.82) is 0 Å². The van der Waals surface area contributed by atoms with Gasteiger partial charge in [0.05, 0.1) is 12.3 Å². The van der Waals surface area contributed by atoms with Gasteiger partial charge in [-0.25, -0.2) is 14.8 Å². The SMILES string of the molecule is COCCOc1ccc(-c2nc(N(C)c3ncc(-c4cccs4)cc3C(=O)O)sc2CC(C)(C)C)cc1P. The summed E-state index contributed by atoms with van der Waals surface area (Å²) in [5, 5.41) is 13.6. The fraction of sp³-hybridized carbons (Fsp3) is 0.321. The van der Waals surface area contributed by atoms with Crippen LogP contribution in [-0.2, 0) is 11.2 Å². The van der Waals surface area contributed by atoms with Gasteiger partial charge in [-0.1, -0.05) is 26.8 Å². The average molecular weight is 570 g/mol. The first-order chi connectivity index (χ1) is 18.1. The van der Waals surface area contributed by atoms with Gasteiger partial charge < -0.3 is 19.5 Å². The molecule has 1 N–H and O–H groups in total. The lowest BCUT2D eigenvalue weighted by Crippen LogP contribution is -2.16. The number of benzene rings is 1. The molecule has 0 aliphatic rings. The van der Waals surface area contributed by atoms with Crippen molar-refractivity contribution in [1.82, 2.24) is 9.97 Å². The Morgan fingerprint density at radius 1 is 1.16 bits per heavy atom. The molecule has 7 nitrogen and oxygen atoms in total. The standard InChI is InChI=1S/C28H32N3O4PS2/c1-28(2,3)15-23-24(17-8-9-20(21(36)14-17)35-11-10-34-5)30-27(38-23)31(4)25-19(26(32)33)13-18(16-29-25)22-7-6-12-37-22/h6-9,12-14,16H,10-11,15,36H2,1-5H3,(H,32,33). The second kappa shape index (κ2) is 11.9. The number of carboxylic acid groups (broad SMARTS) is 1. The molecule has 200 valence electrons. The molecule has 0 saturated heterocycles. The lowest BCUT2D eigenvalue weighted by Gasteiger charge is -2.18. The Hall–Kier alpha value is -2.84. The summed E-state index contributed by atoms with van der Waals surface area (Å²) in [7, 11) is 6.20. The van der Waals surface area contributed by atoms with Crippen LogP contribution in [0.1, 0.15) is 36.0 Å². The monoisotopic (exact) mass is 569 g/mol. The fourth-order valence-corrected chi connectivity index (χ4v) is 6.34. The van der Waals surface area contributed by atoms with Gasteiger partial charge in [0, 0.05) is 46.5 Å². The number of nitrogens with zero attached hydrogens (tertiary/aromatic N) is 3. The summed E-state index contributed by atoms with van der Waals surface area (Å²) in [5.74, 6) is 0.108. The second-order valence-electron chi connectivity index (χ2n) is 10.0. The maximum absolute atomic E-state index is 12.2. The van der Waals surface area contributed by atoms with Crippen molar-refractivity contribution in [3.05, 3.63) is 58.4 Å². The van der Waals surface area contributed by atoms with Gasteiger partial charge in [0.25, 0.3) is 0 Å². The zero-order valence-electron chi connectivity index (χ0n) is 22.1. The van der Waals surface area contributed by atoms with Crippen LogP contribution in [0.2, 0.25) is 0 Å². The van der Waals surface area contributed by atoms with Crippen LogP contribution >= 0.6 is 31.9 Å². The first-order valence-electron chi connectivity index (χ1n) is 12.1. The first-order valence-corrected chi connectivity index (χ1v) is 14.4. The van der Waals surface area contributed by atoms with Gasteiger partial charge in [-0.05, 0) is 47.5 Å². The van der Waals surface area contributed by atoms with Crippen LogP contribution in [0.3, 0.4) is 0 Å². The van der Waals surface area contributed by atoms with Gasteiger partial charge in [-0.3, -0.25) is 0 Å². The lowest BCUT2D eigenvalue weighted by molar-refractivity contribution is 0.0697. The van der Waals surface area contributed by atoms with Gasteiger partial charge in [0.1, 0.15) is 23.7 Å². The summed E-state index contributed by atoms with van der Waals surface area (Å²) in [6, 6.07) is 11.6. The minimum Gasteiger partial charge on any atom is -0.491 e. The van der Waals surface area contributed by atoms with Gasteiger partial charge in [-0.15, -0.1) is 31.9 Å². The number of thiazole rings is 1. The van der Waals surface area contributed by atoms with Crippen LogP contribution in [0.15, 0.2) is 48.0 Å². The minimum atomic E-state index is -1.03. The number of aromatic nitrogens is 2. The van der Waals surface area contributed by atoms with Crippen molar-refractivity contribution in [3.63, 3.8) is 0 Å². The van der Waals surface area contributed by atoms with Gasteiger partial charge in [-0.2, -0.15) is 0 Å². The van der Waals surface area contributed by atoms with E-state index in [1.807, 2.05) is 36.7 Å². The quantitative estimate of drug-likeness (QED) is 0.172. The van der Waals surface area contributed by atoms with E-state index in [-0.39, 0.29) is 11.0 Å². The highest BCUT2D eigenvalue weighted by molar-refractivity contribution is 7.27. The first kappa shape index (κ1) is 28.2. The molecule has 0 amide bonds. The number of hydrogen-bond acceptors (Lipinski definition) is 8. The summed E-state index contributed by atoms with van der Waals surface area (Å²) in [6.45, 7) is 7.58. The van der Waals surface area contributed by atoms with Crippen LogP contribution in [0.25, 0.3) is 21.7 Å². The maximum Gasteiger partial charge on any atom is 0.339 e. The number of methoxy groups -OCH3 is 1. The maximum atomic E-state index is 12.2. The van der Waals surface area contributed by atoms with Crippen molar-refractivity contribution in [2.45, 2.75) is 27.2 Å². The molecule has 4 rings (SSSR count). The summed E-state index contributed by atoms with van der Waals surface area (Å²) in [4.78, 5) is 25.7. The molecule has 0 saturated carbocycles. The molecule has 0 spiro atoms. The van der Waals surface area contributed by atoms with Crippen molar-refractivity contribution in [2.24, 2.45) is 5.41 Å². The average Bonchev–Trinajstić information content (AvgIpc) is 3.54. The number of pyridine rings is 1. The zero-order chi connectivity index (χ0) is 27.4. The molecule has 0 radical (unpaired) electrons. The third-order valence-corrected chi connectivity index (χ3v) is 8.21. The third kappa shape index (κ3) is 6.59. The van der Waals surface area contributed by atoms with E-state index in [0.717, 1.165) is 44.0 Å². The van der Waals surface area contributed by atoms with E-state index in [1.54, 1.807) is 46.9 Å².